The smallest absolute Gasteiger partial charge is 0.146 e. The SMILES string of the molecule is Cc1csc(Cc2nc(Cl)c(I)c(C3CC3)n2)n1. The van der Waals surface area contributed by atoms with Crippen LogP contribution < -0.4 is 0 Å². The van der Waals surface area contributed by atoms with Crippen LogP contribution in [0.2, 0.25) is 5.15 Å². The summed E-state index contributed by atoms with van der Waals surface area (Å²) < 4.78 is 1.01. The van der Waals surface area contributed by atoms with Crippen molar-refractivity contribution in [2.24, 2.45) is 0 Å². The Balaban J connectivity index is 1.92. The molecule has 18 heavy (non-hydrogen) atoms. The molecule has 6 heteroatoms. The molecule has 0 atom stereocenters. The molecule has 0 radical (unpaired) electrons. The van der Waals surface area contributed by atoms with Gasteiger partial charge in [0.05, 0.1) is 15.7 Å². The largest absolute Gasteiger partial charge is 0.246 e. The van der Waals surface area contributed by atoms with Crippen molar-refractivity contribution < 1.29 is 0 Å². The summed E-state index contributed by atoms with van der Waals surface area (Å²) >= 11 is 10.1. The van der Waals surface area contributed by atoms with Crippen LogP contribution in [0.4, 0.5) is 0 Å². The lowest BCUT2D eigenvalue weighted by Gasteiger charge is -2.06. The third-order valence-electron chi connectivity index (χ3n) is 2.82. The molecule has 0 aromatic carbocycles. The van der Waals surface area contributed by atoms with Crippen LogP contribution in [0.15, 0.2) is 5.38 Å². The van der Waals surface area contributed by atoms with Crippen LogP contribution in [0.5, 0.6) is 0 Å². The number of rotatable bonds is 3. The van der Waals surface area contributed by atoms with E-state index in [4.69, 9.17) is 11.6 Å². The highest BCUT2D eigenvalue weighted by Gasteiger charge is 2.29. The Morgan fingerprint density at radius 2 is 2.17 bits per heavy atom. The van der Waals surface area contributed by atoms with Gasteiger partial charge in [-0.05, 0) is 42.4 Å². The van der Waals surface area contributed by atoms with Crippen LogP contribution in [0.25, 0.3) is 0 Å². The molecule has 0 bridgehead atoms. The first-order valence-corrected chi connectivity index (χ1v) is 8.10. The van der Waals surface area contributed by atoms with Crippen molar-refractivity contribution in [3.05, 3.63) is 36.3 Å². The van der Waals surface area contributed by atoms with E-state index in [9.17, 15) is 0 Å². The van der Waals surface area contributed by atoms with Gasteiger partial charge in [-0.3, -0.25) is 0 Å². The molecule has 0 aliphatic heterocycles. The van der Waals surface area contributed by atoms with Gasteiger partial charge in [0.15, 0.2) is 0 Å². The van der Waals surface area contributed by atoms with E-state index in [1.807, 2.05) is 12.3 Å². The van der Waals surface area contributed by atoms with Crippen LogP contribution in [0.3, 0.4) is 0 Å². The maximum absolute atomic E-state index is 6.19. The first-order chi connectivity index (χ1) is 8.63. The number of halogens is 2. The third-order valence-corrected chi connectivity index (χ3v) is 5.45. The molecule has 2 heterocycles. The van der Waals surface area contributed by atoms with Crippen molar-refractivity contribution in [1.82, 2.24) is 15.0 Å². The lowest BCUT2D eigenvalue weighted by atomic mass is 10.2. The molecular formula is C12H11ClIN3S. The highest BCUT2D eigenvalue weighted by Crippen LogP contribution is 2.42. The minimum absolute atomic E-state index is 0.579. The van der Waals surface area contributed by atoms with Gasteiger partial charge in [-0.25, -0.2) is 15.0 Å². The molecule has 1 saturated carbocycles. The molecule has 0 amide bonds. The lowest BCUT2D eigenvalue weighted by molar-refractivity contribution is 0.883. The fourth-order valence-corrected chi connectivity index (χ4v) is 3.45. The summed E-state index contributed by atoms with van der Waals surface area (Å²) in [7, 11) is 0. The van der Waals surface area contributed by atoms with Crippen LogP contribution in [-0.4, -0.2) is 15.0 Å². The molecule has 0 spiro atoms. The van der Waals surface area contributed by atoms with E-state index in [0.29, 0.717) is 17.5 Å². The van der Waals surface area contributed by atoms with E-state index in [1.165, 1.54) is 12.8 Å². The predicted octanol–water partition coefficient (Wildman–Crippen LogP) is 3.97. The van der Waals surface area contributed by atoms with Crippen LogP contribution >= 0.6 is 45.5 Å². The minimum Gasteiger partial charge on any atom is -0.246 e. The Hall–Kier alpha value is -0.270. The molecule has 3 rings (SSSR count). The Morgan fingerprint density at radius 1 is 1.39 bits per heavy atom. The van der Waals surface area contributed by atoms with Gasteiger partial charge in [0, 0.05) is 17.0 Å². The highest BCUT2D eigenvalue weighted by molar-refractivity contribution is 14.1. The maximum Gasteiger partial charge on any atom is 0.146 e. The van der Waals surface area contributed by atoms with E-state index >= 15 is 0 Å². The minimum atomic E-state index is 0.579. The highest BCUT2D eigenvalue weighted by atomic mass is 127. The van der Waals surface area contributed by atoms with Crippen molar-refractivity contribution in [1.29, 1.82) is 0 Å². The van der Waals surface area contributed by atoms with Crippen molar-refractivity contribution >= 4 is 45.5 Å². The summed E-state index contributed by atoms with van der Waals surface area (Å²) in [6.07, 6.45) is 3.12. The van der Waals surface area contributed by atoms with Gasteiger partial charge in [-0.1, -0.05) is 11.6 Å². The van der Waals surface area contributed by atoms with E-state index < -0.39 is 0 Å². The fraction of sp³-hybridized carbons (Fsp3) is 0.417. The van der Waals surface area contributed by atoms with Crippen LogP contribution in [0.1, 0.15) is 41.0 Å². The van der Waals surface area contributed by atoms with Gasteiger partial charge < -0.3 is 0 Å². The zero-order chi connectivity index (χ0) is 12.7. The number of hydrogen-bond donors (Lipinski definition) is 0. The van der Waals surface area contributed by atoms with Gasteiger partial charge >= 0.3 is 0 Å². The summed E-state index contributed by atoms with van der Waals surface area (Å²) in [5, 5.41) is 3.67. The molecule has 1 aliphatic carbocycles. The molecule has 0 unspecified atom stereocenters. The Kier molecular flexibility index (Phi) is 3.55. The maximum atomic E-state index is 6.19. The van der Waals surface area contributed by atoms with Crippen molar-refractivity contribution in [2.75, 3.05) is 0 Å². The second-order valence-electron chi connectivity index (χ2n) is 4.46. The molecule has 1 aliphatic rings. The average Bonchev–Trinajstić information content (AvgIpc) is 3.08. The van der Waals surface area contributed by atoms with Crippen molar-refractivity contribution in [2.45, 2.75) is 32.1 Å². The Bertz CT molecular complexity index is 595. The van der Waals surface area contributed by atoms with Gasteiger partial charge in [-0.15, -0.1) is 11.3 Å². The van der Waals surface area contributed by atoms with Gasteiger partial charge in [0.25, 0.3) is 0 Å². The predicted molar refractivity (Wildman–Crippen MR) is 81.4 cm³/mol. The lowest BCUT2D eigenvalue weighted by Crippen LogP contribution is -2.03. The zero-order valence-corrected chi connectivity index (χ0v) is 13.5. The second kappa shape index (κ2) is 5.02. The fourth-order valence-electron chi connectivity index (χ4n) is 1.81. The standard InChI is InChI=1S/C12H11ClIN3S/c1-6-5-18-9(15-6)4-8-16-11(7-2-3-7)10(14)12(13)17-8/h5,7H,2-4H2,1H3. The quantitative estimate of drug-likeness (QED) is 0.587. The summed E-state index contributed by atoms with van der Waals surface area (Å²) in [6.45, 7) is 2.00. The Morgan fingerprint density at radius 3 is 2.78 bits per heavy atom. The molecule has 94 valence electrons. The van der Waals surface area contributed by atoms with E-state index in [-0.39, 0.29) is 0 Å². The molecule has 0 N–H and O–H groups in total. The van der Waals surface area contributed by atoms with Crippen LogP contribution in [-0.2, 0) is 6.42 Å². The van der Waals surface area contributed by atoms with E-state index in [2.05, 4.69) is 37.5 Å². The normalized spacial score (nSPS) is 15.1. The number of aromatic nitrogens is 3. The van der Waals surface area contributed by atoms with Crippen molar-refractivity contribution in [3.63, 3.8) is 0 Å². The molecule has 2 aromatic rings. The third kappa shape index (κ3) is 2.67. The van der Waals surface area contributed by atoms with E-state index in [0.717, 1.165) is 25.8 Å². The summed E-state index contributed by atoms with van der Waals surface area (Å²) in [5.74, 6) is 1.38. The Labute approximate surface area is 128 Å². The van der Waals surface area contributed by atoms with Gasteiger partial charge in [0.2, 0.25) is 0 Å². The van der Waals surface area contributed by atoms with E-state index in [1.54, 1.807) is 11.3 Å². The molecule has 2 aromatic heterocycles. The number of nitrogens with zero attached hydrogens (tertiary/aromatic N) is 3. The van der Waals surface area contributed by atoms with Crippen molar-refractivity contribution in [3.8, 4) is 0 Å². The van der Waals surface area contributed by atoms with Crippen LogP contribution in [0, 0.1) is 10.5 Å². The molecule has 3 nitrogen and oxygen atoms in total. The van der Waals surface area contributed by atoms with Gasteiger partial charge in [0.1, 0.15) is 16.0 Å². The summed E-state index contributed by atoms with van der Waals surface area (Å²) in [6, 6.07) is 0. The molecular weight excluding hydrogens is 381 g/mol. The number of thiazole rings is 1. The first-order valence-electron chi connectivity index (χ1n) is 5.76. The monoisotopic (exact) mass is 391 g/mol. The summed E-state index contributed by atoms with van der Waals surface area (Å²) in [4.78, 5) is 13.5. The average molecular weight is 392 g/mol. The number of aryl methyl sites for hydroxylation is 1. The summed E-state index contributed by atoms with van der Waals surface area (Å²) in [5.41, 5.74) is 2.17. The second-order valence-corrected chi connectivity index (χ2v) is 6.84. The molecule has 0 saturated heterocycles. The number of hydrogen-bond acceptors (Lipinski definition) is 4. The first kappa shape index (κ1) is 12.7. The molecule has 1 fully saturated rings. The van der Waals surface area contributed by atoms with Gasteiger partial charge in [-0.2, -0.15) is 0 Å². The zero-order valence-electron chi connectivity index (χ0n) is 9.78. The topological polar surface area (TPSA) is 38.7 Å².